The Bertz CT molecular complexity index is 1130. The molecule has 3 aromatic rings. The van der Waals surface area contributed by atoms with Gasteiger partial charge in [-0.15, -0.1) is 5.10 Å². The fraction of sp³-hybridized carbons (Fsp3) is 0.292. The number of allylic oxidation sites excluding steroid dienone is 1. The van der Waals surface area contributed by atoms with Crippen molar-refractivity contribution in [3.63, 3.8) is 0 Å². The van der Waals surface area contributed by atoms with Gasteiger partial charge in [0, 0.05) is 33.5 Å². The molecule has 1 unspecified atom stereocenters. The molecule has 8 heteroatoms. The van der Waals surface area contributed by atoms with Crippen molar-refractivity contribution in [1.82, 2.24) is 15.0 Å². The lowest BCUT2D eigenvalue weighted by Crippen LogP contribution is -2.39. The number of rotatable bonds is 8. The zero-order valence-electron chi connectivity index (χ0n) is 17.6. The summed E-state index contributed by atoms with van der Waals surface area (Å²) in [5.74, 6) is -1.01. The minimum Gasteiger partial charge on any atom is -0.395 e. The van der Waals surface area contributed by atoms with Gasteiger partial charge in [0.1, 0.15) is 0 Å². The number of hydrogen-bond acceptors (Lipinski definition) is 5. The van der Waals surface area contributed by atoms with Crippen LogP contribution in [-0.4, -0.2) is 37.7 Å². The van der Waals surface area contributed by atoms with Crippen LogP contribution in [0.25, 0.3) is 0 Å². The van der Waals surface area contributed by atoms with E-state index in [1.54, 1.807) is 4.68 Å². The third-order valence-electron chi connectivity index (χ3n) is 5.89. The molecule has 2 aromatic carbocycles. The van der Waals surface area contributed by atoms with E-state index < -0.39 is 17.4 Å². The highest BCUT2D eigenvalue weighted by molar-refractivity contribution is 14.1. The molecule has 1 amide bonds. The van der Waals surface area contributed by atoms with E-state index in [1.807, 2.05) is 73.8 Å². The highest BCUT2D eigenvalue weighted by Crippen LogP contribution is 2.42. The number of aliphatic hydroxyl groups is 2. The second-order valence-corrected chi connectivity index (χ2v) is 9.21. The number of nitrogens with one attached hydrogen (secondary N) is 1. The summed E-state index contributed by atoms with van der Waals surface area (Å²) in [6.45, 7) is 2.40. The van der Waals surface area contributed by atoms with Gasteiger partial charge < -0.3 is 15.5 Å². The van der Waals surface area contributed by atoms with Gasteiger partial charge in [0.25, 0.3) is 5.91 Å². The average molecular weight is 544 g/mol. The average Bonchev–Trinajstić information content (AvgIpc) is 3.36. The predicted octanol–water partition coefficient (Wildman–Crippen LogP) is 3.43. The number of anilines is 1. The second kappa shape index (κ2) is 9.51. The number of nitrogens with zero attached hydrogens (tertiary/aromatic N) is 3. The van der Waals surface area contributed by atoms with Gasteiger partial charge in [-0.25, -0.2) is 0 Å². The molecule has 0 saturated carbocycles. The molecule has 0 saturated heterocycles. The van der Waals surface area contributed by atoms with E-state index in [4.69, 9.17) is 0 Å². The van der Waals surface area contributed by atoms with Crippen LogP contribution < -0.4 is 5.32 Å². The first kappa shape index (κ1) is 22.6. The van der Waals surface area contributed by atoms with Crippen molar-refractivity contribution in [1.29, 1.82) is 0 Å². The summed E-state index contributed by atoms with van der Waals surface area (Å²) < 4.78 is 2.70. The molecule has 0 fully saturated rings. The Morgan fingerprint density at radius 2 is 2.03 bits per heavy atom. The van der Waals surface area contributed by atoms with Crippen molar-refractivity contribution in [3.8, 4) is 0 Å². The topological polar surface area (TPSA) is 100 Å². The van der Waals surface area contributed by atoms with Crippen LogP contribution in [0.5, 0.6) is 0 Å². The fourth-order valence-electron chi connectivity index (χ4n) is 4.02. The van der Waals surface area contributed by atoms with Crippen LogP contribution in [0.3, 0.4) is 0 Å². The highest BCUT2D eigenvalue weighted by Gasteiger charge is 2.48. The van der Waals surface area contributed by atoms with Gasteiger partial charge in [-0.05, 0) is 52.8 Å². The van der Waals surface area contributed by atoms with E-state index in [-0.39, 0.29) is 12.5 Å². The molecule has 1 aliphatic rings. The Morgan fingerprint density at radius 1 is 1.25 bits per heavy atom. The first-order valence-electron chi connectivity index (χ1n) is 10.5. The Morgan fingerprint density at radius 3 is 2.78 bits per heavy atom. The van der Waals surface area contributed by atoms with Crippen molar-refractivity contribution >= 4 is 34.2 Å². The van der Waals surface area contributed by atoms with E-state index in [2.05, 4.69) is 38.2 Å². The molecule has 166 valence electrons. The number of fused-ring (bicyclic) bond motifs is 1. The Labute approximate surface area is 200 Å². The van der Waals surface area contributed by atoms with Crippen LogP contribution >= 0.6 is 22.6 Å². The van der Waals surface area contributed by atoms with Crippen LogP contribution in [0.1, 0.15) is 36.1 Å². The number of carbonyl (C=O) groups is 1. The van der Waals surface area contributed by atoms with Gasteiger partial charge in [-0.1, -0.05) is 54.6 Å². The lowest BCUT2D eigenvalue weighted by atomic mass is 9.83. The van der Waals surface area contributed by atoms with Crippen LogP contribution in [0.15, 0.2) is 66.9 Å². The van der Waals surface area contributed by atoms with Crippen LogP contribution in [-0.2, 0) is 16.9 Å². The molecule has 4 rings (SSSR count). The number of carbonyl (C=O) groups excluding carboxylic acids is 1. The van der Waals surface area contributed by atoms with Gasteiger partial charge in [0.05, 0.1) is 18.2 Å². The number of aryl methyl sites for hydroxylation is 1. The summed E-state index contributed by atoms with van der Waals surface area (Å²) in [6, 6.07) is 15.3. The minimum atomic E-state index is -1.59. The fourth-order valence-corrected chi connectivity index (χ4v) is 4.51. The summed E-state index contributed by atoms with van der Waals surface area (Å²) >= 11 is 2.17. The third-order valence-corrected chi connectivity index (χ3v) is 6.56. The first-order valence-corrected chi connectivity index (χ1v) is 11.6. The number of aromatic nitrogens is 3. The summed E-state index contributed by atoms with van der Waals surface area (Å²) in [5.41, 5.74) is 1.40. The summed E-state index contributed by atoms with van der Waals surface area (Å²) in [5, 5.41) is 32.2. The Hall–Kier alpha value is -2.56. The summed E-state index contributed by atoms with van der Waals surface area (Å²) in [6.07, 6.45) is 6.33. The van der Waals surface area contributed by atoms with Gasteiger partial charge >= 0.3 is 0 Å². The molecule has 3 N–H and O–H groups in total. The summed E-state index contributed by atoms with van der Waals surface area (Å²) in [7, 11) is 0. The molecular formula is C24H25IN4O3. The third kappa shape index (κ3) is 4.35. The number of benzene rings is 2. The predicted molar refractivity (Wildman–Crippen MR) is 130 cm³/mol. The molecule has 2 heterocycles. The number of amides is 1. The quantitative estimate of drug-likeness (QED) is 0.298. The van der Waals surface area contributed by atoms with Gasteiger partial charge in [0.15, 0.2) is 5.60 Å². The lowest BCUT2D eigenvalue weighted by molar-refractivity contribution is -0.137. The van der Waals surface area contributed by atoms with Gasteiger partial charge in [0.2, 0.25) is 0 Å². The van der Waals surface area contributed by atoms with Crippen molar-refractivity contribution in [2.75, 3.05) is 11.9 Å². The molecule has 1 aromatic heterocycles. The molecule has 1 aliphatic heterocycles. The number of halogens is 1. The van der Waals surface area contributed by atoms with E-state index in [0.717, 1.165) is 14.8 Å². The lowest BCUT2D eigenvalue weighted by Gasteiger charge is -2.26. The SMILES string of the molecule is C[C@@H](/C=C/CCn1cc(C(CO)c2ccccc2)nn1)[C@]1(O)C(=O)Nc2ccc(I)cc21. The van der Waals surface area contributed by atoms with Crippen molar-refractivity contribution in [2.24, 2.45) is 5.92 Å². The molecule has 3 atom stereocenters. The first-order chi connectivity index (χ1) is 15.4. The monoisotopic (exact) mass is 544 g/mol. The van der Waals surface area contributed by atoms with E-state index >= 15 is 0 Å². The van der Waals surface area contributed by atoms with Crippen LogP contribution in [0.2, 0.25) is 0 Å². The van der Waals surface area contributed by atoms with Crippen molar-refractivity contribution < 1.29 is 15.0 Å². The molecular weight excluding hydrogens is 519 g/mol. The Balaban J connectivity index is 1.40. The summed E-state index contributed by atoms with van der Waals surface area (Å²) in [4.78, 5) is 12.5. The van der Waals surface area contributed by atoms with Crippen LogP contribution in [0, 0.1) is 9.49 Å². The van der Waals surface area contributed by atoms with Gasteiger partial charge in [-0.3, -0.25) is 9.48 Å². The van der Waals surface area contributed by atoms with Crippen molar-refractivity contribution in [3.05, 3.63) is 87.3 Å². The van der Waals surface area contributed by atoms with E-state index in [0.29, 0.717) is 24.2 Å². The van der Waals surface area contributed by atoms with E-state index in [1.165, 1.54) is 0 Å². The van der Waals surface area contributed by atoms with Crippen molar-refractivity contribution in [2.45, 2.75) is 31.4 Å². The Kier molecular flexibility index (Phi) is 6.73. The molecule has 0 aliphatic carbocycles. The minimum absolute atomic E-state index is 0.0405. The zero-order chi connectivity index (χ0) is 22.7. The zero-order valence-corrected chi connectivity index (χ0v) is 19.8. The van der Waals surface area contributed by atoms with E-state index in [9.17, 15) is 15.0 Å². The molecule has 0 bridgehead atoms. The second-order valence-electron chi connectivity index (χ2n) is 7.97. The molecule has 0 radical (unpaired) electrons. The standard InChI is InChI=1S/C24H25IN4O3/c1-16(24(32)20-13-18(25)10-11-21(20)26-23(24)31)7-5-6-12-29-14-22(27-28-29)19(15-30)17-8-3-2-4-9-17/h2-5,7-11,13-14,16,19,30,32H,6,12,15H2,1H3,(H,26,31)/b7-5+/t16-,19?,24+/m0/s1. The molecule has 7 nitrogen and oxygen atoms in total. The molecule has 32 heavy (non-hydrogen) atoms. The maximum atomic E-state index is 12.5. The normalized spacial score (nSPS) is 19.7. The van der Waals surface area contributed by atoms with Gasteiger partial charge in [-0.2, -0.15) is 0 Å². The number of hydrogen-bond donors (Lipinski definition) is 3. The molecule has 0 spiro atoms. The van der Waals surface area contributed by atoms with Crippen LogP contribution in [0.4, 0.5) is 5.69 Å². The smallest absolute Gasteiger partial charge is 0.261 e. The number of aliphatic hydroxyl groups excluding tert-OH is 1. The maximum Gasteiger partial charge on any atom is 0.261 e. The maximum absolute atomic E-state index is 12.5. The highest BCUT2D eigenvalue weighted by atomic mass is 127. The largest absolute Gasteiger partial charge is 0.395 e.